The Hall–Kier alpha value is -2.22. The van der Waals surface area contributed by atoms with E-state index in [9.17, 15) is 19.3 Å². The lowest BCUT2D eigenvalue weighted by atomic mass is 10.2. The molecule has 0 spiro atoms. The molecule has 7 nitrogen and oxygen atoms in total. The van der Waals surface area contributed by atoms with Crippen LogP contribution in [0.15, 0.2) is 18.2 Å². The van der Waals surface area contributed by atoms with E-state index in [4.69, 9.17) is 5.11 Å². The summed E-state index contributed by atoms with van der Waals surface area (Å²) in [5.74, 6) is -1.69. The molecule has 0 aliphatic carbocycles. The first kappa shape index (κ1) is 15.2. The molecule has 0 radical (unpaired) electrons. The van der Waals surface area contributed by atoms with Crippen molar-refractivity contribution in [3.63, 3.8) is 0 Å². The predicted molar refractivity (Wildman–Crippen MR) is 74.0 cm³/mol. The van der Waals surface area contributed by atoms with E-state index in [-0.39, 0.29) is 12.1 Å². The summed E-state index contributed by atoms with van der Waals surface area (Å²) in [7, 11) is 0. The molecule has 114 valence electrons. The normalized spacial score (nSPS) is 16.0. The number of benzene rings is 1. The zero-order valence-electron chi connectivity index (χ0n) is 11.4. The maximum Gasteiger partial charge on any atom is 0.327 e. The Bertz CT molecular complexity index is 544. The minimum atomic E-state index is -0.849. The first-order chi connectivity index (χ1) is 9.99. The second-order valence-electron chi connectivity index (χ2n) is 4.84. The average Bonchev–Trinajstić information content (AvgIpc) is 2.45. The fourth-order valence-electron chi connectivity index (χ4n) is 2.41. The number of nitrogens with zero attached hydrogens (tertiary/aromatic N) is 3. The molecule has 0 unspecified atom stereocenters. The van der Waals surface area contributed by atoms with Gasteiger partial charge in [0, 0.05) is 32.7 Å². The van der Waals surface area contributed by atoms with Crippen molar-refractivity contribution in [3.05, 3.63) is 34.1 Å². The van der Waals surface area contributed by atoms with E-state index in [1.54, 1.807) is 4.90 Å². The number of hydrogen-bond donors (Lipinski definition) is 1. The molecule has 21 heavy (non-hydrogen) atoms. The summed E-state index contributed by atoms with van der Waals surface area (Å²) < 4.78 is 13.6. The van der Waals surface area contributed by atoms with Gasteiger partial charge in [-0.3, -0.25) is 19.8 Å². The summed E-state index contributed by atoms with van der Waals surface area (Å²) >= 11 is 0. The largest absolute Gasteiger partial charge is 0.481 e. The number of carboxylic acids is 1. The Morgan fingerprint density at radius 1 is 1.33 bits per heavy atom. The summed E-state index contributed by atoms with van der Waals surface area (Å²) in [6.45, 7) is 2.66. The highest BCUT2D eigenvalue weighted by atomic mass is 19.1. The van der Waals surface area contributed by atoms with Gasteiger partial charge in [-0.2, -0.15) is 4.39 Å². The summed E-state index contributed by atoms with van der Waals surface area (Å²) in [5.41, 5.74) is -0.227. The van der Waals surface area contributed by atoms with Crippen molar-refractivity contribution >= 4 is 17.3 Å². The van der Waals surface area contributed by atoms with Gasteiger partial charge in [0.2, 0.25) is 5.82 Å². The van der Waals surface area contributed by atoms with Crippen molar-refractivity contribution in [1.29, 1.82) is 0 Å². The molecule has 1 heterocycles. The summed E-state index contributed by atoms with van der Waals surface area (Å²) in [6, 6.07) is 4.06. The number of carboxylic acid groups (broad SMARTS) is 1. The number of nitro groups is 1. The Balaban J connectivity index is 2.04. The van der Waals surface area contributed by atoms with Gasteiger partial charge in [-0.15, -0.1) is 0 Å². The van der Waals surface area contributed by atoms with Gasteiger partial charge in [0.15, 0.2) is 0 Å². The zero-order valence-corrected chi connectivity index (χ0v) is 11.4. The van der Waals surface area contributed by atoms with E-state index in [2.05, 4.69) is 0 Å². The minimum absolute atomic E-state index is 0.0696. The molecule has 0 amide bonds. The van der Waals surface area contributed by atoms with Crippen molar-refractivity contribution < 1.29 is 19.2 Å². The van der Waals surface area contributed by atoms with Gasteiger partial charge in [-0.1, -0.05) is 6.07 Å². The van der Waals surface area contributed by atoms with Crippen molar-refractivity contribution in [2.24, 2.45) is 0 Å². The van der Waals surface area contributed by atoms with Gasteiger partial charge < -0.3 is 10.0 Å². The van der Waals surface area contributed by atoms with Crippen LogP contribution in [0.5, 0.6) is 0 Å². The first-order valence-electron chi connectivity index (χ1n) is 6.61. The second-order valence-corrected chi connectivity index (χ2v) is 4.84. The summed E-state index contributed by atoms with van der Waals surface area (Å²) in [6.07, 6.45) is 0.0696. The van der Waals surface area contributed by atoms with Crippen molar-refractivity contribution in [2.45, 2.75) is 6.42 Å². The highest BCUT2D eigenvalue weighted by Crippen LogP contribution is 2.31. The van der Waals surface area contributed by atoms with Gasteiger partial charge in [0.05, 0.1) is 11.3 Å². The molecule has 1 saturated heterocycles. The van der Waals surface area contributed by atoms with E-state index in [0.717, 1.165) is 6.07 Å². The lowest BCUT2D eigenvalue weighted by molar-refractivity contribution is -0.386. The molecule has 0 bridgehead atoms. The number of anilines is 1. The molecule has 0 saturated carbocycles. The first-order valence-corrected chi connectivity index (χ1v) is 6.61. The number of nitro benzene ring substituents is 1. The van der Waals surface area contributed by atoms with Crippen molar-refractivity contribution in [3.8, 4) is 0 Å². The van der Waals surface area contributed by atoms with Crippen LogP contribution in [0.1, 0.15) is 6.42 Å². The Kier molecular flexibility index (Phi) is 4.69. The third kappa shape index (κ3) is 3.66. The number of para-hydroxylation sites is 1. The van der Waals surface area contributed by atoms with Crippen LogP contribution < -0.4 is 4.90 Å². The third-order valence-corrected chi connectivity index (χ3v) is 3.50. The van der Waals surface area contributed by atoms with Crippen LogP contribution in [0.25, 0.3) is 0 Å². The topological polar surface area (TPSA) is 86.9 Å². The molecule has 1 aromatic carbocycles. The monoisotopic (exact) mass is 297 g/mol. The Labute approximate surface area is 120 Å². The Morgan fingerprint density at radius 2 is 2.00 bits per heavy atom. The summed E-state index contributed by atoms with van der Waals surface area (Å²) in [5, 5.41) is 19.6. The molecule has 1 aromatic rings. The van der Waals surface area contributed by atoms with Crippen LogP contribution in [-0.4, -0.2) is 53.6 Å². The third-order valence-electron chi connectivity index (χ3n) is 3.50. The lowest BCUT2D eigenvalue weighted by Crippen LogP contribution is -2.47. The molecule has 0 aromatic heterocycles. The predicted octanol–water partition coefficient (Wildman–Crippen LogP) is 1.33. The molecule has 1 fully saturated rings. The van der Waals surface area contributed by atoms with E-state index in [1.807, 2.05) is 4.90 Å². The van der Waals surface area contributed by atoms with Crippen molar-refractivity contribution in [1.82, 2.24) is 4.90 Å². The number of aliphatic carboxylic acids is 1. The van der Waals surface area contributed by atoms with Gasteiger partial charge >= 0.3 is 11.7 Å². The number of hydrogen-bond acceptors (Lipinski definition) is 5. The average molecular weight is 297 g/mol. The fourth-order valence-corrected chi connectivity index (χ4v) is 2.41. The molecular formula is C13H16FN3O4. The molecule has 1 aliphatic heterocycles. The number of halogens is 1. The highest BCUT2D eigenvalue weighted by Gasteiger charge is 2.26. The van der Waals surface area contributed by atoms with Crippen LogP contribution in [-0.2, 0) is 4.79 Å². The van der Waals surface area contributed by atoms with Gasteiger partial charge in [0.1, 0.15) is 5.69 Å². The quantitative estimate of drug-likeness (QED) is 0.651. The number of rotatable bonds is 5. The SMILES string of the molecule is O=C(O)CCN1CCN(c2cccc(F)c2[N+](=O)[O-])CC1. The molecule has 2 rings (SSSR count). The maximum absolute atomic E-state index is 13.6. The van der Waals surface area contributed by atoms with Crippen LogP contribution in [0.2, 0.25) is 0 Å². The van der Waals surface area contributed by atoms with Gasteiger partial charge in [0.25, 0.3) is 0 Å². The smallest absolute Gasteiger partial charge is 0.327 e. The van der Waals surface area contributed by atoms with Gasteiger partial charge in [-0.05, 0) is 12.1 Å². The minimum Gasteiger partial charge on any atom is -0.481 e. The molecule has 8 heteroatoms. The molecule has 1 N–H and O–H groups in total. The number of piperazine rings is 1. The molecule has 0 atom stereocenters. The second kappa shape index (κ2) is 6.49. The van der Waals surface area contributed by atoms with Crippen LogP contribution in [0.4, 0.5) is 15.8 Å². The summed E-state index contributed by atoms with van der Waals surface area (Å²) in [4.78, 5) is 24.6. The lowest BCUT2D eigenvalue weighted by Gasteiger charge is -2.35. The standard InChI is InChI=1S/C13H16FN3O4/c14-10-2-1-3-11(13(10)17(20)21)16-8-6-15(7-9-16)5-4-12(18)19/h1-3H,4-9H2,(H,18,19). The van der Waals surface area contributed by atoms with E-state index in [1.165, 1.54) is 12.1 Å². The number of carbonyl (C=O) groups is 1. The van der Waals surface area contributed by atoms with E-state index >= 15 is 0 Å². The zero-order chi connectivity index (χ0) is 15.4. The van der Waals surface area contributed by atoms with Crippen LogP contribution in [0, 0.1) is 15.9 Å². The van der Waals surface area contributed by atoms with Crippen LogP contribution >= 0.6 is 0 Å². The van der Waals surface area contributed by atoms with E-state index in [0.29, 0.717) is 32.7 Å². The fraction of sp³-hybridized carbons (Fsp3) is 0.462. The Morgan fingerprint density at radius 3 is 2.57 bits per heavy atom. The highest BCUT2D eigenvalue weighted by molar-refractivity contribution is 5.67. The van der Waals surface area contributed by atoms with Gasteiger partial charge in [-0.25, -0.2) is 0 Å². The maximum atomic E-state index is 13.6. The van der Waals surface area contributed by atoms with Crippen molar-refractivity contribution in [2.75, 3.05) is 37.6 Å². The van der Waals surface area contributed by atoms with E-state index < -0.39 is 22.4 Å². The van der Waals surface area contributed by atoms with Crippen LogP contribution in [0.3, 0.4) is 0 Å². The molecule has 1 aliphatic rings. The molecular weight excluding hydrogens is 281 g/mol.